The molecule has 0 saturated heterocycles. The largest absolute Gasteiger partial charge is 0.364 e. The van der Waals surface area contributed by atoms with E-state index in [1.54, 1.807) is 14.2 Å². The van der Waals surface area contributed by atoms with Crippen LogP contribution in [0.1, 0.15) is 15.9 Å². The lowest BCUT2D eigenvalue weighted by atomic mass is 10.0. The van der Waals surface area contributed by atoms with E-state index < -0.39 is 0 Å². The highest BCUT2D eigenvalue weighted by atomic mass is 16.5. The molecule has 0 bridgehead atoms. The first kappa shape index (κ1) is 15.2. The predicted molar refractivity (Wildman–Crippen MR) is 82.5 cm³/mol. The Morgan fingerprint density at radius 1 is 0.857 bits per heavy atom. The van der Waals surface area contributed by atoms with Crippen LogP contribution in [0.25, 0.3) is 0 Å². The average Bonchev–Trinajstić information content (AvgIpc) is 2.55. The van der Waals surface area contributed by atoms with Crippen molar-refractivity contribution in [2.24, 2.45) is 0 Å². The minimum atomic E-state index is 0.0205. The first-order chi connectivity index (χ1) is 10.3. The van der Waals surface area contributed by atoms with Gasteiger partial charge in [0.15, 0.2) is 5.78 Å². The summed E-state index contributed by atoms with van der Waals surface area (Å²) in [5.41, 5.74) is 2.30. The van der Waals surface area contributed by atoms with Crippen molar-refractivity contribution in [1.29, 1.82) is 0 Å². The molecular formula is C17H19NO3. The van der Waals surface area contributed by atoms with Gasteiger partial charge in [-0.25, -0.2) is 0 Å². The van der Waals surface area contributed by atoms with Gasteiger partial charge in [-0.15, -0.1) is 0 Å². The summed E-state index contributed by atoms with van der Waals surface area (Å²) in [4.78, 5) is 14.2. The van der Waals surface area contributed by atoms with Crippen LogP contribution in [0.5, 0.6) is 0 Å². The van der Waals surface area contributed by atoms with Gasteiger partial charge in [-0.2, -0.15) is 0 Å². The molecule has 0 radical (unpaired) electrons. The summed E-state index contributed by atoms with van der Waals surface area (Å²) in [7, 11) is 3.27. The fraction of sp³-hybridized carbons (Fsp3) is 0.235. The van der Waals surface area contributed by atoms with Crippen LogP contribution < -0.4 is 4.90 Å². The quantitative estimate of drug-likeness (QED) is 0.579. The van der Waals surface area contributed by atoms with Gasteiger partial charge in [-0.1, -0.05) is 30.3 Å². The van der Waals surface area contributed by atoms with Gasteiger partial charge in [0.1, 0.15) is 13.5 Å². The van der Waals surface area contributed by atoms with Crippen LogP contribution in [0.3, 0.4) is 0 Å². The van der Waals surface area contributed by atoms with Crippen molar-refractivity contribution >= 4 is 11.5 Å². The highest BCUT2D eigenvalue weighted by Gasteiger charge is 2.10. The van der Waals surface area contributed by atoms with Crippen molar-refractivity contribution in [3.63, 3.8) is 0 Å². The van der Waals surface area contributed by atoms with E-state index in [1.165, 1.54) is 0 Å². The highest BCUT2D eigenvalue weighted by molar-refractivity contribution is 6.09. The summed E-state index contributed by atoms with van der Waals surface area (Å²) in [6, 6.07) is 16.7. The topological polar surface area (TPSA) is 38.8 Å². The molecule has 0 N–H and O–H groups in total. The molecule has 21 heavy (non-hydrogen) atoms. The standard InChI is InChI=1S/C17H19NO3/c1-20-12-18(13-21-2)16-10-8-15(9-11-16)17(19)14-6-4-3-5-7-14/h3-11H,12-13H2,1-2H3. The van der Waals surface area contributed by atoms with Gasteiger partial charge in [0.05, 0.1) is 0 Å². The number of benzene rings is 2. The molecule has 110 valence electrons. The lowest BCUT2D eigenvalue weighted by molar-refractivity contribution is 0.103. The fourth-order valence-corrected chi connectivity index (χ4v) is 2.08. The number of carbonyl (C=O) groups excluding carboxylic acids is 1. The van der Waals surface area contributed by atoms with Crippen molar-refractivity contribution in [1.82, 2.24) is 0 Å². The molecule has 0 saturated carbocycles. The van der Waals surface area contributed by atoms with Crippen LogP contribution in [-0.4, -0.2) is 33.5 Å². The molecule has 0 aromatic heterocycles. The van der Waals surface area contributed by atoms with E-state index in [0.717, 1.165) is 5.69 Å². The Kier molecular flexibility index (Phi) is 5.49. The maximum Gasteiger partial charge on any atom is 0.193 e. The molecule has 2 aromatic rings. The molecule has 2 aromatic carbocycles. The van der Waals surface area contributed by atoms with Gasteiger partial charge in [0.2, 0.25) is 0 Å². The zero-order chi connectivity index (χ0) is 15.1. The SMILES string of the molecule is COCN(COC)c1ccc(C(=O)c2ccccc2)cc1. The van der Waals surface area contributed by atoms with Gasteiger partial charge in [0.25, 0.3) is 0 Å². The van der Waals surface area contributed by atoms with E-state index in [-0.39, 0.29) is 5.78 Å². The van der Waals surface area contributed by atoms with Gasteiger partial charge in [0, 0.05) is 31.0 Å². The van der Waals surface area contributed by atoms with E-state index in [1.807, 2.05) is 59.5 Å². The lowest BCUT2D eigenvalue weighted by Crippen LogP contribution is -2.27. The van der Waals surface area contributed by atoms with E-state index in [2.05, 4.69) is 0 Å². The highest BCUT2D eigenvalue weighted by Crippen LogP contribution is 2.17. The summed E-state index contributed by atoms with van der Waals surface area (Å²) < 4.78 is 10.3. The van der Waals surface area contributed by atoms with E-state index in [4.69, 9.17) is 9.47 Å². The molecule has 0 fully saturated rings. The number of methoxy groups -OCH3 is 2. The number of hydrogen-bond donors (Lipinski definition) is 0. The Hall–Kier alpha value is -2.17. The van der Waals surface area contributed by atoms with E-state index in [0.29, 0.717) is 24.6 Å². The number of hydrogen-bond acceptors (Lipinski definition) is 4. The molecule has 4 heteroatoms. The average molecular weight is 285 g/mol. The molecule has 0 heterocycles. The van der Waals surface area contributed by atoms with Crippen LogP contribution in [0.2, 0.25) is 0 Å². The Morgan fingerprint density at radius 3 is 1.90 bits per heavy atom. The van der Waals surface area contributed by atoms with Crippen molar-refractivity contribution in [3.05, 3.63) is 65.7 Å². The van der Waals surface area contributed by atoms with Crippen LogP contribution in [0, 0.1) is 0 Å². The van der Waals surface area contributed by atoms with E-state index >= 15 is 0 Å². The number of carbonyl (C=O) groups is 1. The Morgan fingerprint density at radius 2 is 1.38 bits per heavy atom. The number of nitrogens with zero attached hydrogens (tertiary/aromatic N) is 1. The molecule has 0 aliphatic carbocycles. The van der Waals surface area contributed by atoms with Gasteiger partial charge >= 0.3 is 0 Å². The molecule has 0 atom stereocenters. The zero-order valence-electron chi connectivity index (χ0n) is 12.3. The minimum Gasteiger partial charge on any atom is -0.364 e. The third kappa shape index (κ3) is 3.90. The van der Waals surface area contributed by atoms with Gasteiger partial charge < -0.3 is 14.4 Å². The molecule has 0 aliphatic heterocycles. The Balaban J connectivity index is 2.16. The summed E-state index contributed by atoms with van der Waals surface area (Å²) in [5.74, 6) is 0.0205. The molecular weight excluding hydrogens is 266 g/mol. The first-order valence-corrected chi connectivity index (χ1v) is 6.69. The van der Waals surface area contributed by atoms with Crippen molar-refractivity contribution in [2.45, 2.75) is 0 Å². The molecule has 0 unspecified atom stereocenters. The second kappa shape index (κ2) is 7.57. The fourth-order valence-electron chi connectivity index (χ4n) is 2.08. The zero-order valence-corrected chi connectivity index (χ0v) is 12.3. The summed E-state index contributed by atoms with van der Waals surface area (Å²) in [6.07, 6.45) is 0. The molecule has 0 aliphatic rings. The number of anilines is 1. The first-order valence-electron chi connectivity index (χ1n) is 6.69. The number of rotatable bonds is 7. The summed E-state index contributed by atoms with van der Waals surface area (Å²) in [5, 5.41) is 0. The molecule has 2 rings (SSSR count). The van der Waals surface area contributed by atoms with Gasteiger partial charge in [-0.3, -0.25) is 4.79 Å². The monoisotopic (exact) mass is 285 g/mol. The molecule has 0 amide bonds. The van der Waals surface area contributed by atoms with E-state index in [9.17, 15) is 4.79 Å². The van der Waals surface area contributed by atoms with Crippen LogP contribution in [0.4, 0.5) is 5.69 Å². The third-order valence-corrected chi connectivity index (χ3v) is 3.10. The predicted octanol–water partition coefficient (Wildman–Crippen LogP) is 2.93. The van der Waals surface area contributed by atoms with Crippen molar-refractivity contribution in [3.8, 4) is 0 Å². The smallest absolute Gasteiger partial charge is 0.193 e. The minimum absolute atomic E-state index is 0.0205. The Bertz CT molecular complexity index is 560. The summed E-state index contributed by atoms with van der Waals surface area (Å²) >= 11 is 0. The summed E-state index contributed by atoms with van der Waals surface area (Å²) in [6.45, 7) is 0.861. The number of ether oxygens (including phenoxy) is 2. The Labute approximate surface area is 124 Å². The molecule has 0 spiro atoms. The van der Waals surface area contributed by atoms with Crippen LogP contribution >= 0.6 is 0 Å². The second-order valence-corrected chi connectivity index (χ2v) is 4.62. The lowest BCUT2D eigenvalue weighted by Gasteiger charge is -2.22. The maximum atomic E-state index is 12.3. The number of ketones is 1. The normalized spacial score (nSPS) is 10.4. The third-order valence-electron chi connectivity index (χ3n) is 3.10. The van der Waals surface area contributed by atoms with Crippen molar-refractivity contribution < 1.29 is 14.3 Å². The van der Waals surface area contributed by atoms with Crippen LogP contribution in [-0.2, 0) is 9.47 Å². The van der Waals surface area contributed by atoms with Gasteiger partial charge in [-0.05, 0) is 24.3 Å². The molecule has 4 nitrogen and oxygen atoms in total. The maximum absolute atomic E-state index is 12.3. The van der Waals surface area contributed by atoms with Crippen molar-refractivity contribution in [2.75, 3.05) is 32.6 Å². The van der Waals surface area contributed by atoms with Crippen LogP contribution in [0.15, 0.2) is 54.6 Å². The second-order valence-electron chi connectivity index (χ2n) is 4.62.